The van der Waals surface area contributed by atoms with Crippen LogP contribution in [0.25, 0.3) is 27.8 Å². The zero-order valence-corrected chi connectivity index (χ0v) is 22.2. The van der Waals surface area contributed by atoms with Crippen molar-refractivity contribution >= 4 is 11.3 Å². The quantitative estimate of drug-likeness (QED) is 0.351. The summed E-state index contributed by atoms with van der Waals surface area (Å²) in [5.41, 5.74) is 12.8. The molecular weight excluding hydrogens is 504 g/mol. The molecule has 2 fully saturated rings. The first-order valence-corrected chi connectivity index (χ1v) is 13.1. The van der Waals surface area contributed by atoms with Crippen molar-refractivity contribution in [3.8, 4) is 34.2 Å². The van der Waals surface area contributed by atoms with Crippen molar-refractivity contribution in [2.75, 3.05) is 25.1 Å². The summed E-state index contributed by atoms with van der Waals surface area (Å²) < 4.78 is 8.71. The number of aromatic nitrogens is 6. The van der Waals surface area contributed by atoms with Gasteiger partial charge in [0.05, 0.1) is 36.6 Å². The highest BCUT2D eigenvalue weighted by atomic mass is 16.5. The van der Waals surface area contributed by atoms with E-state index in [0.717, 1.165) is 58.8 Å². The largest absolute Gasteiger partial charge is 0.481 e. The molecule has 5 aromatic rings. The first kappa shape index (κ1) is 24.3. The second-order valence-electron chi connectivity index (χ2n) is 10.4. The Morgan fingerprint density at radius 3 is 2.60 bits per heavy atom. The van der Waals surface area contributed by atoms with E-state index in [9.17, 15) is 5.26 Å². The lowest BCUT2D eigenvalue weighted by molar-refractivity contribution is 0.194. The molecule has 0 spiro atoms. The lowest BCUT2D eigenvalue weighted by Crippen LogP contribution is -2.65. The van der Waals surface area contributed by atoms with Gasteiger partial charge in [0.15, 0.2) is 0 Å². The number of pyridine rings is 3. The molecular formula is C29H28N10O. The van der Waals surface area contributed by atoms with E-state index in [-0.39, 0.29) is 12.1 Å². The Hall–Kier alpha value is -4.79. The first-order chi connectivity index (χ1) is 19.5. The molecule has 2 aliphatic rings. The Balaban J connectivity index is 1.14. The normalized spacial score (nSPS) is 20.4. The predicted octanol–water partition coefficient (Wildman–Crippen LogP) is 2.47. The zero-order valence-electron chi connectivity index (χ0n) is 22.2. The minimum atomic E-state index is 0.0344. The van der Waals surface area contributed by atoms with Crippen LogP contribution < -0.4 is 15.4 Å². The summed E-state index contributed by atoms with van der Waals surface area (Å²) in [6.45, 7) is 2.51. The van der Waals surface area contributed by atoms with Gasteiger partial charge >= 0.3 is 0 Å². The number of fused-ring (bicyclic) bond motifs is 2. The Morgan fingerprint density at radius 2 is 1.90 bits per heavy atom. The zero-order chi connectivity index (χ0) is 27.4. The predicted molar refractivity (Wildman–Crippen MR) is 149 cm³/mol. The van der Waals surface area contributed by atoms with Crippen LogP contribution in [0.1, 0.15) is 11.1 Å². The van der Waals surface area contributed by atoms with E-state index in [1.54, 1.807) is 22.5 Å². The molecule has 7 heterocycles. The molecule has 0 bridgehead atoms. The number of nitriles is 1. The number of methoxy groups -OCH3 is 1. The Morgan fingerprint density at radius 1 is 1.00 bits per heavy atom. The highest BCUT2D eigenvalue weighted by Crippen LogP contribution is 2.37. The Labute approximate surface area is 231 Å². The van der Waals surface area contributed by atoms with Crippen molar-refractivity contribution in [2.24, 2.45) is 12.8 Å². The monoisotopic (exact) mass is 532 g/mol. The molecule has 0 radical (unpaired) electrons. The lowest BCUT2D eigenvalue weighted by atomic mass is 9.94. The fraction of sp³-hybridized carbons (Fsp3) is 0.276. The topological polar surface area (TPSA) is 126 Å². The van der Waals surface area contributed by atoms with Crippen molar-refractivity contribution < 1.29 is 4.74 Å². The maximum absolute atomic E-state index is 9.73. The molecule has 2 N–H and O–H groups in total. The number of rotatable bonds is 6. The van der Waals surface area contributed by atoms with E-state index in [1.807, 2.05) is 50.2 Å². The molecule has 0 unspecified atom stereocenters. The highest BCUT2D eigenvalue weighted by Gasteiger charge is 2.51. The smallest absolute Gasteiger partial charge is 0.212 e. The number of anilines is 1. The van der Waals surface area contributed by atoms with Crippen molar-refractivity contribution in [1.29, 1.82) is 5.26 Å². The van der Waals surface area contributed by atoms with Crippen LogP contribution in [0.5, 0.6) is 5.88 Å². The number of aryl methyl sites for hydroxylation is 1. The molecule has 0 amide bonds. The van der Waals surface area contributed by atoms with Gasteiger partial charge in [0.25, 0.3) is 0 Å². The molecule has 0 saturated carbocycles. The summed E-state index contributed by atoms with van der Waals surface area (Å²) in [5.74, 6) is 1.52. The third-order valence-corrected chi connectivity index (χ3v) is 8.01. The Kier molecular flexibility index (Phi) is 5.73. The van der Waals surface area contributed by atoms with Gasteiger partial charge in [-0.2, -0.15) is 15.5 Å². The van der Waals surface area contributed by atoms with Crippen molar-refractivity contribution in [3.63, 3.8) is 0 Å². The SMILES string of the molecule is COc1ccc(CN2C[C@@H](N)[C@H]3[C@@H]2CN3c2ccc(-c3cc(-c4cnn(C)c4)cn4ncc(C#N)c34)cn2)cn1. The van der Waals surface area contributed by atoms with Crippen LogP contribution >= 0.6 is 0 Å². The molecule has 3 atom stereocenters. The number of nitrogens with zero attached hydrogens (tertiary/aromatic N) is 9. The van der Waals surface area contributed by atoms with Gasteiger partial charge in [-0.1, -0.05) is 6.07 Å². The fourth-order valence-corrected chi connectivity index (χ4v) is 6.02. The van der Waals surface area contributed by atoms with Gasteiger partial charge < -0.3 is 15.4 Å². The molecule has 0 aliphatic carbocycles. The van der Waals surface area contributed by atoms with Gasteiger partial charge in [-0.25, -0.2) is 14.5 Å². The second-order valence-corrected chi connectivity index (χ2v) is 10.4. The first-order valence-electron chi connectivity index (χ1n) is 13.1. The molecule has 11 heteroatoms. The van der Waals surface area contributed by atoms with E-state index >= 15 is 0 Å². The molecule has 2 aliphatic heterocycles. The van der Waals surface area contributed by atoms with Crippen LogP contribution in [0.4, 0.5) is 5.82 Å². The van der Waals surface area contributed by atoms with E-state index in [4.69, 9.17) is 15.5 Å². The molecule has 7 rings (SSSR count). The van der Waals surface area contributed by atoms with E-state index in [0.29, 0.717) is 17.5 Å². The van der Waals surface area contributed by atoms with Crippen molar-refractivity contribution in [3.05, 3.63) is 78.6 Å². The summed E-state index contributed by atoms with van der Waals surface area (Å²) in [4.78, 5) is 13.9. The summed E-state index contributed by atoms with van der Waals surface area (Å²) in [6.07, 6.45) is 11.0. The molecule has 2 saturated heterocycles. The van der Waals surface area contributed by atoms with Crippen LogP contribution in [0.3, 0.4) is 0 Å². The molecule has 11 nitrogen and oxygen atoms in total. The maximum Gasteiger partial charge on any atom is 0.212 e. The number of ether oxygens (including phenoxy) is 1. The minimum absolute atomic E-state index is 0.0344. The van der Waals surface area contributed by atoms with Crippen LogP contribution in [0.2, 0.25) is 0 Å². The second kappa shape index (κ2) is 9.44. The Bertz CT molecular complexity index is 1730. The van der Waals surface area contributed by atoms with Crippen molar-refractivity contribution in [1.82, 2.24) is 34.3 Å². The molecule has 5 aromatic heterocycles. The average molecular weight is 533 g/mol. The highest BCUT2D eigenvalue weighted by molar-refractivity contribution is 5.87. The maximum atomic E-state index is 9.73. The summed E-state index contributed by atoms with van der Waals surface area (Å²) >= 11 is 0. The van der Waals surface area contributed by atoms with Crippen LogP contribution in [-0.4, -0.2) is 72.6 Å². The minimum Gasteiger partial charge on any atom is -0.481 e. The van der Waals surface area contributed by atoms with Gasteiger partial charge in [0, 0.05) is 91.9 Å². The van der Waals surface area contributed by atoms with E-state index in [2.05, 4.69) is 49.2 Å². The van der Waals surface area contributed by atoms with Gasteiger partial charge in [-0.05, 0) is 23.8 Å². The third-order valence-electron chi connectivity index (χ3n) is 8.01. The molecule has 40 heavy (non-hydrogen) atoms. The van der Waals surface area contributed by atoms with Gasteiger partial charge in [0.2, 0.25) is 5.88 Å². The average Bonchev–Trinajstić information content (AvgIpc) is 3.64. The van der Waals surface area contributed by atoms with Crippen LogP contribution in [-0.2, 0) is 13.6 Å². The number of hydrogen-bond donors (Lipinski definition) is 1. The van der Waals surface area contributed by atoms with E-state index < -0.39 is 0 Å². The van der Waals surface area contributed by atoms with Crippen LogP contribution in [0.15, 0.2) is 67.5 Å². The van der Waals surface area contributed by atoms with Gasteiger partial charge in [-0.15, -0.1) is 0 Å². The summed E-state index contributed by atoms with van der Waals surface area (Å²) in [7, 11) is 3.51. The van der Waals surface area contributed by atoms with Crippen LogP contribution in [0, 0.1) is 11.3 Å². The molecule has 200 valence electrons. The lowest BCUT2D eigenvalue weighted by Gasteiger charge is -2.48. The fourth-order valence-electron chi connectivity index (χ4n) is 6.02. The molecule has 0 aromatic carbocycles. The van der Waals surface area contributed by atoms with Gasteiger partial charge in [0.1, 0.15) is 11.9 Å². The standard InChI is InChI=1S/C29H28N10O/c1-36-14-22(12-34-36)20-7-23(28-21(8-30)11-35-39(28)15-20)19-4-5-26(32-10-19)38-17-25-29(38)24(31)16-37(25)13-18-3-6-27(40-2)33-9-18/h3-7,9-12,14-15,24-25,29H,13,16-17,31H2,1-2H3/t24-,25+,29+/m1/s1. The van der Waals surface area contributed by atoms with Crippen molar-refractivity contribution in [2.45, 2.75) is 24.7 Å². The summed E-state index contributed by atoms with van der Waals surface area (Å²) in [6, 6.07) is 13.0. The number of likely N-dealkylation sites (tertiary alicyclic amines) is 1. The third kappa shape index (κ3) is 3.97. The van der Waals surface area contributed by atoms with E-state index in [1.165, 1.54) is 0 Å². The number of hydrogen-bond acceptors (Lipinski definition) is 9. The summed E-state index contributed by atoms with van der Waals surface area (Å²) in [5, 5.41) is 18.5. The number of nitrogens with two attached hydrogens (primary N) is 1. The van der Waals surface area contributed by atoms with Gasteiger partial charge in [-0.3, -0.25) is 9.58 Å².